The summed E-state index contributed by atoms with van der Waals surface area (Å²) in [6.45, 7) is -0.693. The van der Waals surface area contributed by atoms with Crippen molar-refractivity contribution in [3.63, 3.8) is 0 Å². The van der Waals surface area contributed by atoms with E-state index in [9.17, 15) is 18.8 Å². The quantitative estimate of drug-likeness (QED) is 0.655. The Bertz CT molecular complexity index is 1020. The molecule has 1 heterocycles. The topological polar surface area (TPSA) is 116 Å². The van der Waals surface area contributed by atoms with E-state index in [0.29, 0.717) is 11.3 Å². The smallest absolute Gasteiger partial charge is 0.342 e. The fourth-order valence-electron chi connectivity index (χ4n) is 2.44. The van der Waals surface area contributed by atoms with Gasteiger partial charge in [-0.3, -0.25) is 10.1 Å². The van der Waals surface area contributed by atoms with E-state index in [-0.39, 0.29) is 11.3 Å². The van der Waals surface area contributed by atoms with Crippen molar-refractivity contribution in [1.29, 1.82) is 0 Å². The lowest BCUT2D eigenvalue weighted by Gasteiger charge is -2.04. The van der Waals surface area contributed by atoms with E-state index in [0.717, 1.165) is 0 Å². The van der Waals surface area contributed by atoms with Gasteiger partial charge in [-0.1, -0.05) is 18.2 Å². The van der Waals surface area contributed by atoms with Crippen molar-refractivity contribution in [2.75, 3.05) is 6.61 Å². The number of aromatic nitrogens is 2. The molecule has 0 saturated heterocycles. The van der Waals surface area contributed by atoms with Gasteiger partial charge in [0.1, 0.15) is 17.1 Å². The number of urea groups is 1. The minimum absolute atomic E-state index is 0.0716. The average molecular weight is 382 g/mol. The predicted octanol–water partition coefficient (Wildman–Crippen LogP) is 2.03. The Morgan fingerprint density at radius 2 is 1.75 bits per heavy atom. The van der Waals surface area contributed by atoms with Gasteiger partial charge < -0.3 is 10.5 Å². The largest absolute Gasteiger partial charge is 0.452 e. The van der Waals surface area contributed by atoms with Crippen molar-refractivity contribution >= 4 is 17.9 Å². The van der Waals surface area contributed by atoms with Crippen LogP contribution in [0.15, 0.2) is 60.8 Å². The number of imide groups is 1. The lowest BCUT2D eigenvalue weighted by atomic mass is 10.1. The molecule has 0 radical (unpaired) electrons. The number of nitrogens with two attached hydrogens (primary N) is 1. The molecule has 0 spiro atoms. The highest BCUT2D eigenvalue weighted by Crippen LogP contribution is 2.24. The highest BCUT2D eigenvalue weighted by atomic mass is 19.1. The average Bonchev–Trinajstić information content (AvgIpc) is 3.12. The number of halogens is 1. The van der Waals surface area contributed by atoms with E-state index in [2.05, 4.69) is 5.10 Å². The van der Waals surface area contributed by atoms with Gasteiger partial charge >= 0.3 is 12.0 Å². The second-order valence-corrected chi connectivity index (χ2v) is 5.67. The number of nitrogens with zero attached hydrogens (tertiary/aromatic N) is 2. The summed E-state index contributed by atoms with van der Waals surface area (Å²) >= 11 is 0. The zero-order valence-corrected chi connectivity index (χ0v) is 14.5. The number of ether oxygens (including phenoxy) is 1. The van der Waals surface area contributed by atoms with Gasteiger partial charge in [0, 0.05) is 11.8 Å². The van der Waals surface area contributed by atoms with E-state index in [1.165, 1.54) is 35.1 Å². The van der Waals surface area contributed by atoms with Crippen LogP contribution in [0.4, 0.5) is 9.18 Å². The molecule has 3 rings (SSSR count). The van der Waals surface area contributed by atoms with Crippen LogP contribution in [0.3, 0.4) is 0 Å². The van der Waals surface area contributed by atoms with E-state index in [1.54, 1.807) is 29.6 Å². The molecule has 9 heteroatoms. The second-order valence-electron chi connectivity index (χ2n) is 5.67. The third-order valence-electron chi connectivity index (χ3n) is 3.67. The van der Waals surface area contributed by atoms with Crippen LogP contribution in [0.25, 0.3) is 16.9 Å². The molecular formula is C19H15FN4O4. The molecule has 0 aliphatic carbocycles. The first-order chi connectivity index (χ1) is 13.4. The minimum atomic E-state index is -1.05. The van der Waals surface area contributed by atoms with Crippen LogP contribution in [0.5, 0.6) is 0 Å². The predicted molar refractivity (Wildman–Crippen MR) is 97.0 cm³/mol. The van der Waals surface area contributed by atoms with Crippen LogP contribution < -0.4 is 11.1 Å². The fourth-order valence-corrected chi connectivity index (χ4v) is 2.44. The van der Waals surface area contributed by atoms with Gasteiger partial charge in [-0.2, -0.15) is 5.10 Å². The summed E-state index contributed by atoms with van der Waals surface area (Å²) in [5, 5.41) is 6.19. The molecule has 0 fully saturated rings. The minimum Gasteiger partial charge on any atom is -0.452 e. The van der Waals surface area contributed by atoms with E-state index < -0.39 is 30.3 Å². The molecule has 0 aliphatic rings. The summed E-state index contributed by atoms with van der Waals surface area (Å²) < 4.78 is 19.7. The molecule has 3 N–H and O–H groups in total. The molecule has 0 aliphatic heterocycles. The Morgan fingerprint density at radius 3 is 2.39 bits per heavy atom. The summed E-state index contributed by atoms with van der Waals surface area (Å²) in [6, 6.07) is 13.4. The molecular weight excluding hydrogens is 367 g/mol. The normalized spacial score (nSPS) is 10.3. The first-order valence-corrected chi connectivity index (χ1v) is 8.11. The van der Waals surface area contributed by atoms with Gasteiger partial charge in [0.05, 0.1) is 5.69 Å². The number of esters is 1. The number of benzene rings is 2. The number of carbonyl (C=O) groups excluding carboxylic acids is 3. The number of primary amides is 1. The molecule has 0 atom stereocenters. The Labute approximate surface area is 158 Å². The number of carbonyl (C=O) groups is 3. The number of rotatable bonds is 5. The number of hydrogen-bond donors (Lipinski definition) is 2. The first-order valence-electron chi connectivity index (χ1n) is 8.11. The third-order valence-corrected chi connectivity index (χ3v) is 3.67. The fraction of sp³-hybridized carbons (Fsp3) is 0.0526. The van der Waals surface area contributed by atoms with Gasteiger partial charge in [-0.15, -0.1) is 0 Å². The molecule has 3 aromatic rings. The maximum absolute atomic E-state index is 13.2. The van der Waals surface area contributed by atoms with Crippen LogP contribution in [-0.4, -0.2) is 34.3 Å². The first kappa shape index (κ1) is 18.8. The number of hydrogen-bond acceptors (Lipinski definition) is 5. The summed E-state index contributed by atoms with van der Waals surface area (Å²) in [6.07, 6.45) is 1.45. The molecule has 8 nitrogen and oxygen atoms in total. The molecule has 2 aromatic carbocycles. The SMILES string of the molecule is NC(=O)NC(=O)COC(=O)c1cn(-c2ccccc2)nc1-c1ccc(F)cc1. The lowest BCUT2D eigenvalue weighted by Crippen LogP contribution is -2.37. The van der Waals surface area contributed by atoms with Crippen LogP contribution >= 0.6 is 0 Å². The van der Waals surface area contributed by atoms with Crippen molar-refractivity contribution in [1.82, 2.24) is 15.1 Å². The monoisotopic (exact) mass is 382 g/mol. The number of nitrogens with one attached hydrogen (secondary N) is 1. The molecule has 0 bridgehead atoms. The summed E-state index contributed by atoms with van der Waals surface area (Å²) in [7, 11) is 0. The van der Waals surface area contributed by atoms with Crippen molar-refractivity contribution in [3.8, 4) is 16.9 Å². The Hall–Kier alpha value is -4.01. The van der Waals surface area contributed by atoms with Crippen molar-refractivity contribution in [2.45, 2.75) is 0 Å². The maximum atomic E-state index is 13.2. The van der Waals surface area contributed by atoms with Gasteiger partial charge in [0.15, 0.2) is 6.61 Å². The zero-order chi connectivity index (χ0) is 20.1. The highest BCUT2D eigenvalue weighted by Gasteiger charge is 2.21. The molecule has 142 valence electrons. The van der Waals surface area contributed by atoms with Crippen molar-refractivity contribution in [2.24, 2.45) is 5.73 Å². The Kier molecular flexibility index (Phi) is 5.45. The van der Waals surface area contributed by atoms with Gasteiger partial charge in [-0.05, 0) is 36.4 Å². The molecule has 0 unspecified atom stereocenters. The Balaban J connectivity index is 1.92. The number of para-hydroxylation sites is 1. The van der Waals surface area contributed by atoms with Crippen LogP contribution in [0.1, 0.15) is 10.4 Å². The van der Waals surface area contributed by atoms with Crippen LogP contribution in [0.2, 0.25) is 0 Å². The summed E-state index contributed by atoms with van der Waals surface area (Å²) in [5.74, 6) is -2.13. The highest BCUT2D eigenvalue weighted by molar-refractivity contribution is 5.99. The van der Waals surface area contributed by atoms with Crippen molar-refractivity contribution in [3.05, 3.63) is 72.2 Å². The second kappa shape index (κ2) is 8.12. The Morgan fingerprint density at radius 1 is 1.07 bits per heavy atom. The van der Waals surface area contributed by atoms with E-state index in [1.807, 2.05) is 6.07 Å². The van der Waals surface area contributed by atoms with Crippen LogP contribution in [-0.2, 0) is 9.53 Å². The third kappa shape index (κ3) is 4.39. The summed E-state index contributed by atoms with van der Waals surface area (Å²) in [5.41, 5.74) is 6.34. The summed E-state index contributed by atoms with van der Waals surface area (Å²) in [4.78, 5) is 34.6. The maximum Gasteiger partial charge on any atom is 0.342 e. The van der Waals surface area contributed by atoms with Gasteiger partial charge in [0.2, 0.25) is 0 Å². The zero-order valence-electron chi connectivity index (χ0n) is 14.5. The van der Waals surface area contributed by atoms with Crippen LogP contribution in [0, 0.1) is 5.82 Å². The molecule has 1 aromatic heterocycles. The van der Waals surface area contributed by atoms with Gasteiger partial charge in [0.25, 0.3) is 5.91 Å². The molecule has 0 saturated carbocycles. The standard InChI is InChI=1S/C19H15FN4O4/c20-13-8-6-12(7-9-13)17-15(18(26)28-11-16(25)22-19(21)27)10-24(23-17)14-4-2-1-3-5-14/h1-10H,11H2,(H3,21,22,25,27). The molecule has 3 amide bonds. The lowest BCUT2D eigenvalue weighted by molar-refractivity contribution is -0.123. The van der Waals surface area contributed by atoms with E-state index in [4.69, 9.17) is 10.5 Å². The van der Waals surface area contributed by atoms with E-state index >= 15 is 0 Å². The molecule has 28 heavy (non-hydrogen) atoms. The van der Waals surface area contributed by atoms with Crippen molar-refractivity contribution < 1.29 is 23.5 Å². The number of amides is 3. The van der Waals surface area contributed by atoms with Gasteiger partial charge in [-0.25, -0.2) is 18.7 Å².